The summed E-state index contributed by atoms with van der Waals surface area (Å²) >= 11 is 0. The van der Waals surface area contributed by atoms with Crippen LogP contribution in [0.1, 0.15) is 233 Å². The first kappa shape index (κ1) is 48.9. The van der Waals surface area contributed by atoms with Gasteiger partial charge in [-0.15, -0.1) is 0 Å². The van der Waals surface area contributed by atoms with Crippen LogP contribution in [0.15, 0.2) is 0 Å². The summed E-state index contributed by atoms with van der Waals surface area (Å²) in [5.41, 5.74) is 0. The van der Waals surface area contributed by atoms with Gasteiger partial charge in [-0.05, 0) is 70.9 Å². The van der Waals surface area contributed by atoms with E-state index in [1.165, 1.54) is 135 Å². The molecule has 1 amide bonds. The topological polar surface area (TPSA) is 78.9 Å². The molecule has 0 aromatic carbocycles. The molecule has 0 aliphatic heterocycles. The number of esters is 1. The van der Waals surface area contributed by atoms with Crippen LogP contribution >= 0.6 is 0 Å². The van der Waals surface area contributed by atoms with Crippen LogP contribution in [0.3, 0.4) is 0 Å². The SMILES string of the molecule is CCCCCCCCCNC(=O)CCCCCCCN(CCO)CCCCCCCC(=O)OC(CCCCCCCC)CCCCCCCC. The predicted molar refractivity (Wildman–Crippen MR) is 216 cm³/mol. The second-order valence-corrected chi connectivity index (χ2v) is 15.3. The summed E-state index contributed by atoms with van der Waals surface area (Å²) in [4.78, 5) is 27.2. The third-order valence-corrected chi connectivity index (χ3v) is 10.3. The lowest BCUT2D eigenvalue weighted by Gasteiger charge is -2.21. The van der Waals surface area contributed by atoms with Crippen LogP contribution in [0, 0.1) is 0 Å². The van der Waals surface area contributed by atoms with Crippen LogP contribution < -0.4 is 5.32 Å². The number of carbonyl (C=O) groups excluding carboxylic acids is 2. The summed E-state index contributed by atoms with van der Waals surface area (Å²) in [6.07, 6.45) is 38.9. The van der Waals surface area contributed by atoms with E-state index in [1.807, 2.05) is 0 Å². The minimum Gasteiger partial charge on any atom is -0.462 e. The third-order valence-electron chi connectivity index (χ3n) is 10.3. The molecule has 0 aromatic heterocycles. The van der Waals surface area contributed by atoms with Gasteiger partial charge >= 0.3 is 5.97 Å². The van der Waals surface area contributed by atoms with Crippen LogP contribution in [0.2, 0.25) is 0 Å². The Labute approximate surface area is 312 Å². The highest BCUT2D eigenvalue weighted by Crippen LogP contribution is 2.18. The fourth-order valence-corrected chi connectivity index (χ4v) is 6.97. The summed E-state index contributed by atoms with van der Waals surface area (Å²) in [5, 5.41) is 12.6. The first-order valence-electron chi connectivity index (χ1n) is 22.4. The number of hydrogen-bond acceptors (Lipinski definition) is 5. The molecule has 0 saturated carbocycles. The van der Waals surface area contributed by atoms with Crippen molar-refractivity contribution in [3.8, 4) is 0 Å². The fourth-order valence-electron chi connectivity index (χ4n) is 6.97. The van der Waals surface area contributed by atoms with Gasteiger partial charge in [-0.1, -0.05) is 162 Å². The normalized spacial score (nSPS) is 11.6. The summed E-state index contributed by atoms with van der Waals surface area (Å²) in [6.45, 7) is 10.7. The lowest BCUT2D eigenvalue weighted by molar-refractivity contribution is -0.150. The molecule has 0 bridgehead atoms. The highest BCUT2D eigenvalue weighted by Gasteiger charge is 2.14. The molecule has 0 radical (unpaired) electrons. The van der Waals surface area contributed by atoms with Gasteiger partial charge in [0.25, 0.3) is 0 Å². The van der Waals surface area contributed by atoms with Crippen molar-refractivity contribution in [2.45, 2.75) is 239 Å². The Balaban J connectivity index is 3.94. The third kappa shape index (κ3) is 36.6. The number of ether oxygens (including phenoxy) is 1. The molecule has 0 fully saturated rings. The maximum Gasteiger partial charge on any atom is 0.306 e. The quantitative estimate of drug-likeness (QED) is 0.0488. The zero-order valence-electron chi connectivity index (χ0n) is 34.1. The molecule has 0 aliphatic rings. The average Bonchev–Trinajstić information content (AvgIpc) is 3.11. The number of amides is 1. The molecule has 298 valence electrons. The highest BCUT2D eigenvalue weighted by molar-refractivity contribution is 5.75. The number of hydrogen-bond donors (Lipinski definition) is 2. The maximum absolute atomic E-state index is 12.7. The number of aliphatic hydroxyl groups is 1. The Bertz CT molecular complexity index is 688. The van der Waals surface area contributed by atoms with Crippen molar-refractivity contribution < 1.29 is 19.4 Å². The molecule has 0 heterocycles. The first-order valence-corrected chi connectivity index (χ1v) is 22.4. The van der Waals surface area contributed by atoms with Gasteiger partial charge in [0.05, 0.1) is 6.61 Å². The van der Waals surface area contributed by atoms with Gasteiger partial charge in [0.1, 0.15) is 6.10 Å². The lowest BCUT2D eigenvalue weighted by Crippen LogP contribution is -2.29. The fraction of sp³-hybridized carbons (Fsp3) is 0.955. The van der Waals surface area contributed by atoms with Crippen molar-refractivity contribution in [3.05, 3.63) is 0 Å². The number of nitrogens with zero attached hydrogens (tertiary/aromatic N) is 1. The Morgan fingerprint density at radius 3 is 1.38 bits per heavy atom. The standard InChI is InChI=1S/C44H88N2O4/c1-4-7-10-13-16-23-30-37-45-43(48)35-28-21-17-24-31-38-46(40-41-47)39-32-25-18-22-29-36-44(49)50-42(33-26-19-14-11-8-5-2)34-27-20-15-12-9-6-3/h42,47H,4-41H2,1-3H3,(H,45,48). The van der Waals surface area contributed by atoms with E-state index in [2.05, 4.69) is 31.0 Å². The maximum atomic E-state index is 12.7. The number of carbonyl (C=O) groups is 2. The van der Waals surface area contributed by atoms with E-state index in [9.17, 15) is 14.7 Å². The summed E-state index contributed by atoms with van der Waals surface area (Å²) in [5.74, 6) is 0.236. The van der Waals surface area contributed by atoms with E-state index < -0.39 is 0 Å². The number of unbranched alkanes of at least 4 members (excludes halogenated alkanes) is 24. The molecule has 2 N–H and O–H groups in total. The van der Waals surface area contributed by atoms with Crippen molar-refractivity contribution in [1.82, 2.24) is 10.2 Å². The van der Waals surface area contributed by atoms with E-state index in [0.717, 1.165) is 90.4 Å². The summed E-state index contributed by atoms with van der Waals surface area (Å²) in [7, 11) is 0. The second kappa shape index (κ2) is 40.6. The van der Waals surface area contributed by atoms with Crippen LogP contribution in [-0.2, 0) is 14.3 Å². The van der Waals surface area contributed by atoms with E-state index >= 15 is 0 Å². The van der Waals surface area contributed by atoms with Crippen LogP contribution in [0.25, 0.3) is 0 Å². The minimum atomic E-state index is 0.0168. The molecule has 6 heteroatoms. The van der Waals surface area contributed by atoms with E-state index in [0.29, 0.717) is 12.8 Å². The molecule has 0 atom stereocenters. The zero-order valence-corrected chi connectivity index (χ0v) is 34.1. The second-order valence-electron chi connectivity index (χ2n) is 15.3. The van der Waals surface area contributed by atoms with Crippen LogP contribution in [0.4, 0.5) is 0 Å². The van der Waals surface area contributed by atoms with Crippen molar-refractivity contribution >= 4 is 11.9 Å². The van der Waals surface area contributed by atoms with Gasteiger partial charge in [0.2, 0.25) is 5.91 Å². The van der Waals surface area contributed by atoms with Gasteiger partial charge in [0, 0.05) is 25.9 Å². The summed E-state index contributed by atoms with van der Waals surface area (Å²) in [6, 6.07) is 0. The van der Waals surface area contributed by atoms with Gasteiger partial charge in [-0.25, -0.2) is 0 Å². The van der Waals surface area contributed by atoms with Crippen molar-refractivity contribution in [3.63, 3.8) is 0 Å². The molecule has 0 aromatic rings. The van der Waals surface area contributed by atoms with Crippen molar-refractivity contribution in [2.24, 2.45) is 0 Å². The number of aliphatic hydroxyl groups excluding tert-OH is 1. The van der Waals surface area contributed by atoms with Crippen LogP contribution in [-0.4, -0.2) is 60.8 Å². The smallest absolute Gasteiger partial charge is 0.306 e. The van der Waals surface area contributed by atoms with Crippen molar-refractivity contribution in [2.75, 3.05) is 32.8 Å². The Morgan fingerprint density at radius 2 is 0.900 bits per heavy atom. The van der Waals surface area contributed by atoms with E-state index in [4.69, 9.17) is 4.74 Å². The molecule has 0 spiro atoms. The number of nitrogens with one attached hydrogen (secondary N) is 1. The molecule has 0 unspecified atom stereocenters. The Hall–Kier alpha value is -1.14. The zero-order chi connectivity index (χ0) is 36.6. The molecular weight excluding hydrogens is 620 g/mol. The predicted octanol–water partition coefficient (Wildman–Crippen LogP) is 12.2. The molecule has 0 aliphatic carbocycles. The van der Waals surface area contributed by atoms with Gasteiger partial charge in [-0.3, -0.25) is 9.59 Å². The first-order chi connectivity index (χ1) is 24.6. The number of rotatable bonds is 41. The molecule has 6 nitrogen and oxygen atoms in total. The average molecular weight is 709 g/mol. The highest BCUT2D eigenvalue weighted by atomic mass is 16.5. The molecule has 0 saturated heterocycles. The van der Waals surface area contributed by atoms with Gasteiger partial charge in [-0.2, -0.15) is 0 Å². The Kier molecular flexibility index (Phi) is 39.7. The van der Waals surface area contributed by atoms with E-state index in [1.54, 1.807) is 0 Å². The Morgan fingerprint density at radius 1 is 0.500 bits per heavy atom. The summed E-state index contributed by atoms with van der Waals surface area (Å²) < 4.78 is 6.02. The van der Waals surface area contributed by atoms with Crippen LogP contribution in [0.5, 0.6) is 0 Å². The van der Waals surface area contributed by atoms with E-state index in [-0.39, 0.29) is 24.6 Å². The molecule has 0 rings (SSSR count). The molecular formula is C44H88N2O4. The molecule has 50 heavy (non-hydrogen) atoms. The minimum absolute atomic E-state index is 0.0168. The lowest BCUT2D eigenvalue weighted by atomic mass is 10.0. The largest absolute Gasteiger partial charge is 0.462 e. The van der Waals surface area contributed by atoms with Gasteiger partial charge in [0.15, 0.2) is 0 Å². The monoisotopic (exact) mass is 709 g/mol. The van der Waals surface area contributed by atoms with Gasteiger partial charge < -0.3 is 20.1 Å². The van der Waals surface area contributed by atoms with Crippen molar-refractivity contribution in [1.29, 1.82) is 0 Å².